The first-order chi connectivity index (χ1) is 8.58. The third kappa shape index (κ3) is 2.53. The maximum absolute atomic E-state index is 13.3. The predicted molar refractivity (Wildman–Crippen MR) is 58.7 cm³/mol. The van der Waals surface area contributed by atoms with Crippen molar-refractivity contribution in [3.05, 3.63) is 53.4 Å². The summed E-state index contributed by atoms with van der Waals surface area (Å²) in [5, 5.41) is 3.80. The van der Waals surface area contributed by atoms with Crippen molar-refractivity contribution >= 4 is 5.97 Å². The highest BCUT2D eigenvalue weighted by Crippen LogP contribution is 2.14. The topological polar surface area (TPSA) is 44.1 Å². The number of carbonyl (C=O) groups is 1. The van der Waals surface area contributed by atoms with Gasteiger partial charge in [0.15, 0.2) is 0 Å². The average Bonchev–Trinajstić information content (AvgIpc) is 2.75. The van der Waals surface area contributed by atoms with E-state index < -0.39 is 24.2 Å². The molecule has 1 aromatic heterocycles. The molecule has 0 amide bonds. The van der Waals surface area contributed by atoms with Gasteiger partial charge in [-0.25, -0.2) is 13.6 Å². The van der Waals surface area contributed by atoms with Crippen LogP contribution < -0.4 is 0 Å². The Hall–Kier alpha value is -2.24. The Kier molecular flexibility index (Phi) is 3.36. The molecule has 0 unspecified atom stereocenters. The zero-order valence-corrected chi connectivity index (χ0v) is 9.56. The minimum atomic E-state index is -0.742. The Bertz CT molecular complexity index is 561. The van der Waals surface area contributed by atoms with Crippen molar-refractivity contribution in [1.29, 1.82) is 0 Å². The van der Waals surface area contributed by atoms with Gasteiger partial charge in [0.2, 0.25) is 0 Å². The van der Waals surface area contributed by atoms with Gasteiger partial charge in [-0.1, -0.05) is 6.07 Å². The van der Waals surface area contributed by atoms with Crippen LogP contribution in [-0.4, -0.2) is 15.7 Å². The van der Waals surface area contributed by atoms with Crippen LogP contribution in [0.3, 0.4) is 0 Å². The van der Waals surface area contributed by atoms with Gasteiger partial charge < -0.3 is 4.74 Å². The number of halogens is 2. The second-order valence-electron chi connectivity index (χ2n) is 3.68. The number of ether oxygens (including phenoxy) is 1. The lowest BCUT2D eigenvalue weighted by atomic mass is 10.2. The SMILES string of the molecule is Cn1cc(C(=O)OCc2c(F)cccc2F)cn1. The summed E-state index contributed by atoms with van der Waals surface area (Å²) in [7, 11) is 1.65. The van der Waals surface area contributed by atoms with E-state index in [9.17, 15) is 13.6 Å². The number of nitrogens with zero attached hydrogens (tertiary/aromatic N) is 2. The van der Waals surface area contributed by atoms with Crippen LogP contribution in [0.5, 0.6) is 0 Å². The van der Waals surface area contributed by atoms with Crippen LogP contribution in [-0.2, 0) is 18.4 Å². The molecule has 0 N–H and O–H groups in total. The number of rotatable bonds is 3. The fourth-order valence-corrected chi connectivity index (χ4v) is 1.42. The normalized spacial score (nSPS) is 10.4. The molecule has 0 saturated carbocycles. The number of hydrogen-bond acceptors (Lipinski definition) is 3. The summed E-state index contributed by atoms with van der Waals surface area (Å²) in [6.07, 6.45) is 2.78. The monoisotopic (exact) mass is 252 g/mol. The van der Waals surface area contributed by atoms with Crippen LogP contribution in [0.4, 0.5) is 8.78 Å². The number of benzene rings is 1. The fraction of sp³-hybridized carbons (Fsp3) is 0.167. The maximum atomic E-state index is 13.3. The standard InChI is InChI=1S/C12H10F2N2O2/c1-16-6-8(5-15-16)12(17)18-7-9-10(13)3-2-4-11(9)14/h2-6H,7H2,1H3. The van der Waals surface area contributed by atoms with Gasteiger partial charge in [-0.3, -0.25) is 4.68 Å². The van der Waals surface area contributed by atoms with E-state index in [-0.39, 0.29) is 11.1 Å². The first kappa shape index (κ1) is 12.2. The van der Waals surface area contributed by atoms with Crippen molar-refractivity contribution in [3.8, 4) is 0 Å². The van der Waals surface area contributed by atoms with Crippen molar-refractivity contribution in [2.75, 3.05) is 0 Å². The number of aromatic nitrogens is 2. The second kappa shape index (κ2) is 4.95. The third-order valence-corrected chi connectivity index (χ3v) is 2.35. The lowest BCUT2D eigenvalue weighted by molar-refractivity contribution is 0.0464. The largest absolute Gasteiger partial charge is 0.457 e. The molecule has 18 heavy (non-hydrogen) atoms. The van der Waals surface area contributed by atoms with Crippen LogP contribution in [0.1, 0.15) is 15.9 Å². The molecule has 1 aromatic carbocycles. The smallest absolute Gasteiger partial charge is 0.341 e. The van der Waals surface area contributed by atoms with E-state index >= 15 is 0 Å². The molecule has 0 aliphatic rings. The molecule has 2 rings (SSSR count). The lowest BCUT2D eigenvalue weighted by Crippen LogP contribution is -2.07. The molecule has 0 aliphatic heterocycles. The summed E-state index contributed by atoms with van der Waals surface area (Å²) >= 11 is 0. The van der Waals surface area contributed by atoms with Gasteiger partial charge in [0.05, 0.1) is 17.3 Å². The molecule has 0 aliphatic carbocycles. The zero-order valence-electron chi connectivity index (χ0n) is 9.56. The van der Waals surface area contributed by atoms with E-state index in [0.717, 1.165) is 12.1 Å². The highest BCUT2D eigenvalue weighted by Gasteiger charge is 2.13. The summed E-state index contributed by atoms with van der Waals surface area (Å²) in [5.41, 5.74) is -0.0380. The van der Waals surface area contributed by atoms with Crippen LogP contribution in [0, 0.1) is 11.6 Å². The maximum Gasteiger partial charge on any atom is 0.341 e. The molecule has 0 radical (unpaired) electrons. The summed E-state index contributed by atoms with van der Waals surface area (Å²) in [4.78, 5) is 11.5. The van der Waals surface area contributed by atoms with Gasteiger partial charge >= 0.3 is 5.97 Å². The molecular weight excluding hydrogens is 242 g/mol. The zero-order chi connectivity index (χ0) is 13.1. The predicted octanol–water partition coefficient (Wildman–Crippen LogP) is 2.06. The van der Waals surface area contributed by atoms with E-state index in [4.69, 9.17) is 4.74 Å². The van der Waals surface area contributed by atoms with Crippen molar-refractivity contribution in [2.45, 2.75) is 6.61 Å². The van der Waals surface area contributed by atoms with Gasteiger partial charge in [0.1, 0.15) is 18.2 Å². The van der Waals surface area contributed by atoms with E-state index in [2.05, 4.69) is 5.10 Å². The lowest BCUT2D eigenvalue weighted by Gasteiger charge is -2.05. The number of carbonyl (C=O) groups excluding carboxylic acids is 1. The Morgan fingerprint density at radius 3 is 2.61 bits per heavy atom. The molecular formula is C12H10F2N2O2. The van der Waals surface area contributed by atoms with Crippen LogP contribution in [0.2, 0.25) is 0 Å². The molecule has 1 heterocycles. The van der Waals surface area contributed by atoms with Gasteiger partial charge in [0.25, 0.3) is 0 Å². The number of aryl methyl sites for hydroxylation is 1. The van der Waals surface area contributed by atoms with Crippen molar-refractivity contribution in [2.24, 2.45) is 7.05 Å². The van der Waals surface area contributed by atoms with Crippen molar-refractivity contribution in [1.82, 2.24) is 9.78 Å². The van der Waals surface area contributed by atoms with Crippen molar-refractivity contribution in [3.63, 3.8) is 0 Å². The summed E-state index contributed by atoms with van der Waals surface area (Å²) in [5.74, 6) is -2.16. The van der Waals surface area contributed by atoms with Gasteiger partial charge in [0, 0.05) is 13.2 Å². The number of hydrogen-bond donors (Lipinski definition) is 0. The second-order valence-corrected chi connectivity index (χ2v) is 3.68. The molecule has 0 atom stereocenters. The van der Waals surface area contributed by atoms with Gasteiger partial charge in [-0.15, -0.1) is 0 Å². The highest BCUT2D eigenvalue weighted by molar-refractivity contribution is 5.88. The number of esters is 1. The molecule has 94 valence electrons. The van der Waals surface area contributed by atoms with E-state index in [1.165, 1.54) is 23.1 Å². The van der Waals surface area contributed by atoms with Crippen LogP contribution >= 0.6 is 0 Å². The highest BCUT2D eigenvalue weighted by atomic mass is 19.1. The van der Waals surface area contributed by atoms with E-state index in [1.807, 2.05) is 0 Å². The Morgan fingerprint density at radius 1 is 1.39 bits per heavy atom. The molecule has 4 nitrogen and oxygen atoms in total. The molecule has 0 saturated heterocycles. The van der Waals surface area contributed by atoms with Crippen molar-refractivity contribution < 1.29 is 18.3 Å². The molecule has 0 spiro atoms. The Morgan fingerprint density at radius 2 is 2.06 bits per heavy atom. The minimum absolute atomic E-state index is 0.231. The molecule has 0 fully saturated rings. The van der Waals surface area contributed by atoms with Crippen LogP contribution in [0.15, 0.2) is 30.6 Å². The summed E-state index contributed by atoms with van der Waals surface area (Å²) in [6, 6.07) is 3.46. The van der Waals surface area contributed by atoms with E-state index in [0.29, 0.717) is 0 Å². The van der Waals surface area contributed by atoms with Gasteiger partial charge in [-0.2, -0.15) is 5.10 Å². The Balaban J connectivity index is 2.06. The summed E-state index contributed by atoms with van der Waals surface area (Å²) in [6.45, 7) is -0.452. The summed E-state index contributed by atoms with van der Waals surface area (Å²) < 4.78 is 32.8. The first-order valence-electron chi connectivity index (χ1n) is 5.16. The quantitative estimate of drug-likeness (QED) is 0.785. The average molecular weight is 252 g/mol. The Labute approximate surface area is 102 Å². The molecule has 2 aromatic rings. The minimum Gasteiger partial charge on any atom is -0.457 e. The third-order valence-electron chi connectivity index (χ3n) is 2.35. The van der Waals surface area contributed by atoms with Gasteiger partial charge in [-0.05, 0) is 12.1 Å². The molecule has 0 bridgehead atoms. The van der Waals surface area contributed by atoms with E-state index in [1.54, 1.807) is 7.05 Å². The first-order valence-corrected chi connectivity index (χ1v) is 5.16. The van der Waals surface area contributed by atoms with Crippen LogP contribution in [0.25, 0.3) is 0 Å². The fourth-order valence-electron chi connectivity index (χ4n) is 1.42. The molecule has 6 heteroatoms.